The normalized spacial score (nSPS) is 22.4. The number of likely N-dealkylation sites (N-methyl/N-ethyl adjacent to an activating group) is 1. The Balaban J connectivity index is 1.82. The Hall–Kier alpha value is -1.70. The van der Waals surface area contributed by atoms with Gasteiger partial charge >= 0.3 is 6.18 Å². The molecular formula is C16H21F3N4O. The van der Waals surface area contributed by atoms with E-state index in [4.69, 9.17) is 0 Å². The summed E-state index contributed by atoms with van der Waals surface area (Å²) in [7, 11) is 1.99. The lowest BCUT2D eigenvalue weighted by molar-refractivity contribution is -0.143. The first-order valence-corrected chi connectivity index (χ1v) is 8.16. The second kappa shape index (κ2) is 6.31. The molecule has 1 saturated heterocycles. The summed E-state index contributed by atoms with van der Waals surface area (Å²) in [6.07, 6.45) is -3.50. The molecule has 1 fully saturated rings. The van der Waals surface area contributed by atoms with Gasteiger partial charge < -0.3 is 9.80 Å². The van der Waals surface area contributed by atoms with E-state index < -0.39 is 17.8 Å². The van der Waals surface area contributed by atoms with Crippen LogP contribution in [-0.2, 0) is 23.8 Å². The first-order chi connectivity index (χ1) is 11.3. The summed E-state index contributed by atoms with van der Waals surface area (Å²) in [5.41, 5.74) is -0.329. The number of hydrogen-bond acceptors (Lipinski definition) is 4. The Labute approximate surface area is 138 Å². The highest BCUT2D eigenvalue weighted by Gasteiger charge is 2.40. The molecular weight excluding hydrogens is 321 g/mol. The van der Waals surface area contributed by atoms with Gasteiger partial charge in [0.1, 0.15) is 5.82 Å². The second-order valence-electron chi connectivity index (χ2n) is 6.61. The van der Waals surface area contributed by atoms with Crippen molar-refractivity contribution in [3.05, 3.63) is 22.8 Å². The van der Waals surface area contributed by atoms with Gasteiger partial charge in [0.05, 0.1) is 0 Å². The van der Waals surface area contributed by atoms with E-state index in [9.17, 15) is 18.0 Å². The number of amides is 1. The van der Waals surface area contributed by atoms with Gasteiger partial charge in [0.2, 0.25) is 5.91 Å². The number of halogens is 3. The van der Waals surface area contributed by atoms with Gasteiger partial charge in [0.15, 0.2) is 5.69 Å². The molecule has 0 radical (unpaired) electrons. The summed E-state index contributed by atoms with van der Waals surface area (Å²) in [6.45, 7) is 4.33. The third-order valence-electron chi connectivity index (χ3n) is 4.82. The van der Waals surface area contributed by atoms with Crippen LogP contribution >= 0.6 is 0 Å². The summed E-state index contributed by atoms with van der Waals surface area (Å²) in [6, 6.07) is 0. The van der Waals surface area contributed by atoms with Gasteiger partial charge in [0, 0.05) is 43.4 Å². The molecule has 1 aromatic rings. The Morgan fingerprint density at radius 1 is 1.17 bits per heavy atom. The van der Waals surface area contributed by atoms with Crippen molar-refractivity contribution in [2.45, 2.75) is 32.4 Å². The van der Waals surface area contributed by atoms with E-state index in [1.807, 2.05) is 7.05 Å². The molecule has 0 aromatic carbocycles. The van der Waals surface area contributed by atoms with E-state index in [2.05, 4.69) is 14.9 Å². The van der Waals surface area contributed by atoms with Crippen LogP contribution in [-0.4, -0.2) is 58.9 Å². The smallest absolute Gasteiger partial charge is 0.340 e. The first-order valence-electron chi connectivity index (χ1n) is 8.16. The van der Waals surface area contributed by atoms with Gasteiger partial charge in [-0.25, -0.2) is 9.97 Å². The van der Waals surface area contributed by atoms with Crippen molar-refractivity contribution < 1.29 is 18.0 Å². The van der Waals surface area contributed by atoms with Gasteiger partial charge in [-0.2, -0.15) is 13.2 Å². The fraction of sp³-hybridized carbons (Fsp3) is 0.688. The Morgan fingerprint density at radius 2 is 1.83 bits per heavy atom. The van der Waals surface area contributed by atoms with Crippen molar-refractivity contribution >= 4 is 5.91 Å². The number of nitrogens with zero attached hydrogens (tertiary/aromatic N) is 4. The van der Waals surface area contributed by atoms with Crippen molar-refractivity contribution in [2.24, 2.45) is 5.92 Å². The fourth-order valence-electron chi connectivity index (χ4n) is 3.46. The molecule has 0 spiro atoms. The molecule has 0 N–H and O–H groups in total. The molecule has 1 amide bonds. The van der Waals surface area contributed by atoms with Crippen LogP contribution in [0.2, 0.25) is 0 Å². The van der Waals surface area contributed by atoms with E-state index in [1.165, 1.54) is 6.92 Å². The number of alkyl halides is 3. The number of carbonyl (C=O) groups excluding carboxylic acids is 1. The summed E-state index contributed by atoms with van der Waals surface area (Å²) >= 11 is 0. The molecule has 1 atom stereocenters. The van der Waals surface area contributed by atoms with Gasteiger partial charge in [-0.05, 0) is 33.2 Å². The van der Waals surface area contributed by atoms with E-state index in [0.717, 1.165) is 13.1 Å². The maximum Gasteiger partial charge on any atom is 0.433 e. The Kier molecular flexibility index (Phi) is 4.50. The highest BCUT2D eigenvalue weighted by molar-refractivity contribution is 5.79. The third-order valence-corrected chi connectivity index (χ3v) is 4.82. The number of aryl methyl sites for hydroxylation is 2. The molecule has 1 aromatic heterocycles. The van der Waals surface area contributed by atoms with E-state index in [-0.39, 0.29) is 23.7 Å². The van der Waals surface area contributed by atoms with Gasteiger partial charge in [-0.1, -0.05) is 0 Å². The predicted molar refractivity (Wildman–Crippen MR) is 81.4 cm³/mol. The topological polar surface area (TPSA) is 49.3 Å². The first kappa shape index (κ1) is 17.1. The third kappa shape index (κ3) is 3.38. The van der Waals surface area contributed by atoms with Crippen LogP contribution < -0.4 is 0 Å². The lowest BCUT2D eigenvalue weighted by Gasteiger charge is -2.36. The van der Waals surface area contributed by atoms with Gasteiger partial charge in [0.25, 0.3) is 0 Å². The van der Waals surface area contributed by atoms with Crippen LogP contribution in [0.25, 0.3) is 0 Å². The van der Waals surface area contributed by atoms with Crippen LogP contribution in [0.3, 0.4) is 0 Å². The van der Waals surface area contributed by atoms with E-state index >= 15 is 0 Å². The molecule has 1 aliphatic carbocycles. The van der Waals surface area contributed by atoms with Gasteiger partial charge in [-0.3, -0.25) is 4.79 Å². The average Bonchev–Trinajstić information content (AvgIpc) is 2.53. The minimum atomic E-state index is -4.52. The Bertz CT molecular complexity index is 639. The van der Waals surface area contributed by atoms with E-state index in [0.29, 0.717) is 31.6 Å². The van der Waals surface area contributed by atoms with E-state index in [1.54, 1.807) is 4.90 Å². The maximum absolute atomic E-state index is 13.3. The molecule has 1 aliphatic heterocycles. The molecule has 0 saturated carbocycles. The highest BCUT2D eigenvalue weighted by atomic mass is 19.4. The predicted octanol–water partition coefficient (Wildman–Crippen LogP) is 1.68. The zero-order valence-corrected chi connectivity index (χ0v) is 13.9. The van der Waals surface area contributed by atoms with Crippen molar-refractivity contribution in [1.82, 2.24) is 19.8 Å². The van der Waals surface area contributed by atoms with Crippen molar-refractivity contribution in [1.29, 1.82) is 0 Å². The van der Waals surface area contributed by atoms with Gasteiger partial charge in [-0.15, -0.1) is 0 Å². The second-order valence-corrected chi connectivity index (χ2v) is 6.61. The zero-order valence-electron chi connectivity index (χ0n) is 13.9. The lowest BCUT2D eigenvalue weighted by Crippen LogP contribution is -2.49. The Morgan fingerprint density at radius 3 is 2.46 bits per heavy atom. The summed E-state index contributed by atoms with van der Waals surface area (Å²) in [4.78, 5) is 24.4. The molecule has 5 nitrogen and oxygen atoms in total. The molecule has 2 aliphatic rings. The minimum Gasteiger partial charge on any atom is -0.340 e. The standard InChI is InChI=1S/C16H21F3N4O/c1-10-20-13-4-3-11(9-12(13)14(21-10)16(17,18)19)15(24)23-7-5-22(2)6-8-23/h11H,3-9H2,1-2H3/t11-/m0/s1. The number of hydrogen-bond donors (Lipinski definition) is 0. The largest absolute Gasteiger partial charge is 0.433 e. The molecule has 132 valence electrons. The summed E-state index contributed by atoms with van der Waals surface area (Å²) in [5, 5.41) is 0. The average molecular weight is 342 g/mol. The monoisotopic (exact) mass is 342 g/mol. The van der Waals surface area contributed by atoms with Crippen LogP contribution in [0.4, 0.5) is 13.2 Å². The van der Waals surface area contributed by atoms with Crippen molar-refractivity contribution in [3.8, 4) is 0 Å². The number of aromatic nitrogens is 2. The number of carbonyl (C=O) groups is 1. The van der Waals surface area contributed by atoms with Crippen molar-refractivity contribution in [3.63, 3.8) is 0 Å². The number of rotatable bonds is 1. The molecule has 8 heteroatoms. The quantitative estimate of drug-likeness (QED) is 0.779. The van der Waals surface area contributed by atoms with Crippen LogP contribution in [0.5, 0.6) is 0 Å². The minimum absolute atomic E-state index is 0.0394. The summed E-state index contributed by atoms with van der Waals surface area (Å²) < 4.78 is 39.9. The molecule has 0 bridgehead atoms. The number of piperazine rings is 1. The van der Waals surface area contributed by atoms with Crippen molar-refractivity contribution in [2.75, 3.05) is 33.2 Å². The molecule has 3 rings (SSSR count). The summed E-state index contributed by atoms with van der Waals surface area (Å²) in [5.74, 6) is -0.319. The zero-order chi connectivity index (χ0) is 17.5. The van der Waals surface area contributed by atoms with Crippen LogP contribution in [0.15, 0.2) is 0 Å². The molecule has 0 unspecified atom stereocenters. The highest BCUT2D eigenvalue weighted by Crippen LogP contribution is 2.36. The lowest BCUT2D eigenvalue weighted by atomic mass is 9.84. The van der Waals surface area contributed by atoms with Crippen LogP contribution in [0.1, 0.15) is 29.2 Å². The fourth-order valence-corrected chi connectivity index (χ4v) is 3.46. The number of fused-ring (bicyclic) bond motifs is 1. The molecule has 24 heavy (non-hydrogen) atoms. The molecule has 2 heterocycles. The SMILES string of the molecule is Cc1nc2c(c(C(F)(F)F)n1)C[C@@H](C(=O)N1CCN(C)CC1)CC2. The van der Waals surface area contributed by atoms with Crippen LogP contribution in [0, 0.1) is 12.8 Å². The maximum atomic E-state index is 13.3.